The number of benzene rings is 2. The predicted molar refractivity (Wildman–Crippen MR) is 84.2 cm³/mol. The number of anilines is 2. The third-order valence-electron chi connectivity index (χ3n) is 2.99. The van der Waals surface area contributed by atoms with E-state index in [1.165, 1.54) is 0 Å². The van der Waals surface area contributed by atoms with Gasteiger partial charge in [0.25, 0.3) is 0 Å². The second kappa shape index (κ2) is 6.69. The lowest BCUT2D eigenvalue weighted by Gasteiger charge is -2.09. The molecule has 0 bridgehead atoms. The molecule has 0 amide bonds. The molecular formula is C17H15N3O2. The van der Waals surface area contributed by atoms with E-state index in [1.54, 1.807) is 12.3 Å². The van der Waals surface area contributed by atoms with Crippen LogP contribution in [0.4, 0.5) is 11.4 Å². The molecular weight excluding hydrogens is 278 g/mol. The van der Waals surface area contributed by atoms with Crippen molar-refractivity contribution in [2.75, 3.05) is 5.32 Å². The van der Waals surface area contributed by atoms with Gasteiger partial charge in [0.15, 0.2) is 0 Å². The van der Waals surface area contributed by atoms with Gasteiger partial charge in [-0.2, -0.15) is 10.2 Å². The highest BCUT2D eigenvalue weighted by atomic mass is 16.5. The highest BCUT2D eigenvalue weighted by molar-refractivity contribution is 5.59. The number of hydrogen-bond donors (Lipinski definition) is 2. The van der Waals surface area contributed by atoms with E-state index >= 15 is 0 Å². The lowest BCUT2D eigenvalue weighted by atomic mass is 10.2. The number of nitrogens with one attached hydrogen (secondary N) is 1. The Bertz CT molecular complexity index is 730. The molecule has 0 saturated carbocycles. The number of aliphatic hydroxyl groups excluding tert-OH is 1. The first kappa shape index (κ1) is 14.0. The van der Waals surface area contributed by atoms with Crippen LogP contribution in [-0.2, 0) is 6.61 Å². The summed E-state index contributed by atoms with van der Waals surface area (Å²) in [6.45, 7) is -0.133. The van der Waals surface area contributed by atoms with Gasteiger partial charge in [0, 0.05) is 5.69 Å². The highest BCUT2D eigenvalue weighted by Gasteiger charge is 2.00. The van der Waals surface area contributed by atoms with Crippen molar-refractivity contribution in [1.29, 1.82) is 0 Å². The van der Waals surface area contributed by atoms with Crippen LogP contribution in [0, 0.1) is 0 Å². The van der Waals surface area contributed by atoms with Gasteiger partial charge in [0.1, 0.15) is 11.5 Å². The van der Waals surface area contributed by atoms with Gasteiger partial charge in [-0.1, -0.05) is 18.2 Å². The van der Waals surface area contributed by atoms with Crippen LogP contribution in [0.25, 0.3) is 0 Å². The van der Waals surface area contributed by atoms with Crippen molar-refractivity contribution >= 4 is 11.4 Å². The van der Waals surface area contributed by atoms with Gasteiger partial charge in [-0.05, 0) is 42.5 Å². The Morgan fingerprint density at radius 1 is 0.909 bits per heavy atom. The summed E-state index contributed by atoms with van der Waals surface area (Å²) >= 11 is 0. The van der Waals surface area contributed by atoms with Gasteiger partial charge < -0.3 is 15.2 Å². The fraction of sp³-hybridized carbons (Fsp3) is 0.0588. The molecule has 1 heterocycles. The van der Waals surface area contributed by atoms with E-state index in [2.05, 4.69) is 15.5 Å². The minimum Gasteiger partial charge on any atom is -0.457 e. The first-order chi connectivity index (χ1) is 10.8. The molecule has 2 aromatic carbocycles. The monoisotopic (exact) mass is 293 g/mol. The third kappa shape index (κ3) is 3.59. The molecule has 0 atom stereocenters. The summed E-state index contributed by atoms with van der Waals surface area (Å²) in [6.07, 6.45) is 1.60. The van der Waals surface area contributed by atoms with E-state index < -0.39 is 0 Å². The van der Waals surface area contributed by atoms with Crippen LogP contribution in [0.1, 0.15) is 5.69 Å². The van der Waals surface area contributed by atoms with Crippen LogP contribution in [0.15, 0.2) is 66.9 Å². The molecule has 0 aliphatic carbocycles. The Balaban J connectivity index is 1.68. The van der Waals surface area contributed by atoms with E-state index in [4.69, 9.17) is 9.84 Å². The van der Waals surface area contributed by atoms with E-state index in [0.29, 0.717) is 5.69 Å². The summed E-state index contributed by atoms with van der Waals surface area (Å²) in [7, 11) is 0. The van der Waals surface area contributed by atoms with Gasteiger partial charge in [0.05, 0.1) is 24.2 Å². The maximum absolute atomic E-state index is 9.06. The lowest BCUT2D eigenvalue weighted by molar-refractivity contribution is 0.275. The lowest BCUT2D eigenvalue weighted by Crippen LogP contribution is -1.96. The molecule has 22 heavy (non-hydrogen) atoms. The Hall–Kier alpha value is -2.92. The molecule has 0 radical (unpaired) electrons. The Morgan fingerprint density at radius 3 is 2.36 bits per heavy atom. The Morgan fingerprint density at radius 2 is 1.64 bits per heavy atom. The molecule has 3 rings (SSSR count). The van der Waals surface area contributed by atoms with Gasteiger partial charge in [-0.3, -0.25) is 0 Å². The maximum Gasteiger partial charge on any atom is 0.127 e. The van der Waals surface area contributed by atoms with Crippen molar-refractivity contribution in [2.24, 2.45) is 0 Å². The number of ether oxygens (including phenoxy) is 1. The number of nitrogens with zero attached hydrogens (tertiary/aromatic N) is 2. The largest absolute Gasteiger partial charge is 0.457 e. The fourth-order valence-electron chi connectivity index (χ4n) is 1.95. The standard InChI is InChI=1S/C17H15N3O2/c21-12-15-10-14(11-18-20-15)19-13-6-8-17(9-7-13)22-16-4-2-1-3-5-16/h1-11,21H,12H2,(H,19,20). The van der Waals surface area contributed by atoms with Crippen molar-refractivity contribution in [2.45, 2.75) is 6.61 Å². The fourth-order valence-corrected chi connectivity index (χ4v) is 1.95. The van der Waals surface area contributed by atoms with Crippen LogP contribution in [0.5, 0.6) is 11.5 Å². The molecule has 0 saturated heterocycles. The zero-order valence-corrected chi connectivity index (χ0v) is 11.8. The quantitative estimate of drug-likeness (QED) is 0.753. The first-order valence-corrected chi connectivity index (χ1v) is 6.86. The Labute approximate surface area is 128 Å². The van der Waals surface area contributed by atoms with Gasteiger partial charge in [-0.15, -0.1) is 0 Å². The number of para-hydroxylation sites is 1. The van der Waals surface area contributed by atoms with Crippen LogP contribution in [0.3, 0.4) is 0 Å². The normalized spacial score (nSPS) is 10.2. The molecule has 0 unspecified atom stereocenters. The summed E-state index contributed by atoms with van der Waals surface area (Å²) in [4.78, 5) is 0. The van der Waals surface area contributed by atoms with Gasteiger partial charge >= 0.3 is 0 Å². The van der Waals surface area contributed by atoms with Crippen molar-refractivity contribution < 1.29 is 9.84 Å². The minimum absolute atomic E-state index is 0.133. The zero-order valence-electron chi connectivity index (χ0n) is 11.8. The SMILES string of the molecule is OCc1cc(Nc2ccc(Oc3ccccc3)cc2)cnn1. The van der Waals surface area contributed by atoms with E-state index in [0.717, 1.165) is 22.9 Å². The second-order valence-electron chi connectivity index (χ2n) is 4.66. The van der Waals surface area contributed by atoms with Crippen molar-refractivity contribution in [3.05, 3.63) is 72.6 Å². The van der Waals surface area contributed by atoms with Crippen LogP contribution in [0.2, 0.25) is 0 Å². The molecule has 3 aromatic rings. The molecule has 5 nitrogen and oxygen atoms in total. The maximum atomic E-state index is 9.06. The molecule has 5 heteroatoms. The van der Waals surface area contributed by atoms with Crippen molar-refractivity contribution in [3.63, 3.8) is 0 Å². The molecule has 1 aromatic heterocycles. The summed E-state index contributed by atoms with van der Waals surface area (Å²) in [5, 5.41) is 19.9. The highest BCUT2D eigenvalue weighted by Crippen LogP contribution is 2.24. The summed E-state index contributed by atoms with van der Waals surface area (Å²) in [6, 6.07) is 19.0. The van der Waals surface area contributed by atoms with E-state index in [1.807, 2.05) is 54.6 Å². The number of aromatic nitrogens is 2. The van der Waals surface area contributed by atoms with E-state index in [9.17, 15) is 0 Å². The smallest absolute Gasteiger partial charge is 0.127 e. The summed E-state index contributed by atoms with van der Waals surface area (Å²) in [5.41, 5.74) is 2.20. The first-order valence-electron chi connectivity index (χ1n) is 6.86. The second-order valence-corrected chi connectivity index (χ2v) is 4.66. The van der Waals surface area contributed by atoms with Crippen LogP contribution < -0.4 is 10.1 Å². The Kier molecular flexibility index (Phi) is 4.27. The van der Waals surface area contributed by atoms with Crippen molar-refractivity contribution in [3.8, 4) is 11.5 Å². The van der Waals surface area contributed by atoms with Gasteiger partial charge in [-0.25, -0.2) is 0 Å². The summed E-state index contributed by atoms with van der Waals surface area (Å²) in [5.74, 6) is 1.56. The number of aliphatic hydroxyl groups is 1. The zero-order chi connectivity index (χ0) is 15.2. The number of hydrogen-bond acceptors (Lipinski definition) is 5. The average Bonchev–Trinajstić information content (AvgIpc) is 2.58. The minimum atomic E-state index is -0.133. The van der Waals surface area contributed by atoms with E-state index in [-0.39, 0.29) is 6.61 Å². The molecule has 0 fully saturated rings. The summed E-state index contributed by atoms with van der Waals surface area (Å²) < 4.78 is 5.74. The van der Waals surface area contributed by atoms with Crippen LogP contribution in [-0.4, -0.2) is 15.3 Å². The predicted octanol–water partition coefficient (Wildman–Crippen LogP) is 3.50. The number of rotatable bonds is 5. The molecule has 110 valence electrons. The molecule has 0 aliphatic heterocycles. The van der Waals surface area contributed by atoms with Gasteiger partial charge in [0.2, 0.25) is 0 Å². The van der Waals surface area contributed by atoms with Crippen molar-refractivity contribution in [1.82, 2.24) is 10.2 Å². The molecule has 0 spiro atoms. The average molecular weight is 293 g/mol. The molecule has 2 N–H and O–H groups in total. The molecule has 0 aliphatic rings. The third-order valence-corrected chi connectivity index (χ3v) is 2.99. The topological polar surface area (TPSA) is 67.3 Å². The van der Waals surface area contributed by atoms with Crippen LogP contribution >= 0.6 is 0 Å².